The van der Waals surface area contributed by atoms with Gasteiger partial charge in [-0.2, -0.15) is 0 Å². The maximum absolute atomic E-state index is 10.7. The third-order valence-corrected chi connectivity index (χ3v) is 2.67. The molecule has 2 N–H and O–H groups in total. The second kappa shape index (κ2) is 5.30. The van der Waals surface area contributed by atoms with Crippen molar-refractivity contribution in [2.45, 2.75) is 26.3 Å². The molecule has 4 nitrogen and oxygen atoms in total. The first-order valence-electron chi connectivity index (χ1n) is 5.04. The summed E-state index contributed by atoms with van der Waals surface area (Å²) in [6.07, 6.45) is 0.429. The zero-order valence-corrected chi connectivity index (χ0v) is 9.36. The van der Waals surface area contributed by atoms with Crippen molar-refractivity contribution >= 4 is 12.4 Å². The minimum absolute atomic E-state index is 0.108. The van der Waals surface area contributed by atoms with Gasteiger partial charge in [0.25, 0.3) is 0 Å². The first kappa shape index (κ1) is 12.2. The molecule has 1 atom stereocenters. The van der Waals surface area contributed by atoms with Gasteiger partial charge >= 0.3 is 5.97 Å². The second-order valence-corrected chi connectivity index (χ2v) is 3.72. The lowest BCUT2D eigenvalue weighted by atomic mass is 9.96. The number of hydrogen-bond donors (Lipinski definition) is 2. The molecule has 0 spiro atoms. The van der Waals surface area contributed by atoms with E-state index in [4.69, 9.17) is 5.11 Å². The van der Waals surface area contributed by atoms with Crippen LogP contribution >= 0.6 is 0 Å². The molecule has 0 unspecified atom stereocenters. The molecule has 0 aliphatic carbocycles. The lowest BCUT2D eigenvalue weighted by molar-refractivity contribution is -0.137. The molecule has 0 aliphatic heterocycles. The van der Waals surface area contributed by atoms with E-state index in [1.165, 1.54) is 0 Å². The normalized spacial score (nSPS) is 11.9. The number of nitrogens with one attached hydrogen (secondary N) is 1. The SMILES string of the molecule is Cc1cccc([C@@H](CC(=O)O)NC=O)c1C. The number of carbonyl (C=O) groups is 2. The number of carboxylic acids is 1. The molecule has 4 heteroatoms. The molecule has 0 aliphatic rings. The lowest BCUT2D eigenvalue weighted by Crippen LogP contribution is -2.23. The Balaban J connectivity index is 3.04. The smallest absolute Gasteiger partial charge is 0.305 e. The number of carboxylic acid groups (broad SMARTS) is 1. The van der Waals surface area contributed by atoms with Gasteiger partial charge in [-0.15, -0.1) is 0 Å². The molecule has 0 saturated carbocycles. The summed E-state index contributed by atoms with van der Waals surface area (Å²) in [7, 11) is 0. The van der Waals surface area contributed by atoms with Crippen molar-refractivity contribution in [2.24, 2.45) is 0 Å². The van der Waals surface area contributed by atoms with E-state index < -0.39 is 12.0 Å². The van der Waals surface area contributed by atoms with Gasteiger partial charge in [-0.1, -0.05) is 18.2 Å². The zero-order chi connectivity index (χ0) is 12.1. The fourth-order valence-electron chi connectivity index (χ4n) is 1.67. The van der Waals surface area contributed by atoms with Gasteiger partial charge in [-0.05, 0) is 30.5 Å². The van der Waals surface area contributed by atoms with Gasteiger partial charge < -0.3 is 10.4 Å². The zero-order valence-electron chi connectivity index (χ0n) is 9.36. The van der Waals surface area contributed by atoms with Gasteiger partial charge in [0.2, 0.25) is 6.41 Å². The van der Waals surface area contributed by atoms with Crippen LogP contribution in [0.3, 0.4) is 0 Å². The molecular formula is C12H15NO3. The molecular weight excluding hydrogens is 206 g/mol. The Morgan fingerprint density at radius 3 is 2.75 bits per heavy atom. The molecule has 0 aromatic heterocycles. The molecule has 1 amide bonds. The summed E-state index contributed by atoms with van der Waals surface area (Å²) in [5.41, 5.74) is 2.96. The predicted molar refractivity (Wildman–Crippen MR) is 60.1 cm³/mol. The topological polar surface area (TPSA) is 66.4 Å². The van der Waals surface area contributed by atoms with E-state index >= 15 is 0 Å². The van der Waals surface area contributed by atoms with Gasteiger partial charge in [0, 0.05) is 0 Å². The number of amides is 1. The molecule has 1 aromatic rings. The minimum Gasteiger partial charge on any atom is -0.481 e. The third kappa shape index (κ3) is 2.82. The van der Waals surface area contributed by atoms with Crippen molar-refractivity contribution in [3.05, 3.63) is 34.9 Å². The average molecular weight is 221 g/mol. The van der Waals surface area contributed by atoms with Crippen LogP contribution in [-0.2, 0) is 9.59 Å². The van der Waals surface area contributed by atoms with Gasteiger partial charge in [0.15, 0.2) is 0 Å². The van der Waals surface area contributed by atoms with Crippen LogP contribution in [0.4, 0.5) is 0 Å². The third-order valence-electron chi connectivity index (χ3n) is 2.67. The van der Waals surface area contributed by atoms with Crippen LogP contribution < -0.4 is 5.32 Å². The number of carbonyl (C=O) groups excluding carboxylic acids is 1. The molecule has 16 heavy (non-hydrogen) atoms. The Hall–Kier alpha value is -1.84. The molecule has 86 valence electrons. The lowest BCUT2D eigenvalue weighted by Gasteiger charge is -2.17. The summed E-state index contributed by atoms with van der Waals surface area (Å²) >= 11 is 0. The Kier molecular flexibility index (Phi) is 4.05. The standard InChI is InChI=1S/C12H15NO3/c1-8-4-3-5-10(9(8)2)11(13-7-14)6-12(15)16/h3-5,7,11H,6H2,1-2H3,(H,13,14)(H,15,16)/t11-/m1/s1. The fourth-order valence-corrected chi connectivity index (χ4v) is 1.67. The number of aryl methyl sites for hydroxylation is 1. The van der Waals surface area contributed by atoms with E-state index in [1.54, 1.807) is 0 Å². The second-order valence-electron chi connectivity index (χ2n) is 3.72. The highest BCUT2D eigenvalue weighted by Gasteiger charge is 2.16. The first-order chi connectivity index (χ1) is 7.56. The summed E-state index contributed by atoms with van der Waals surface area (Å²) in [5.74, 6) is -0.930. The van der Waals surface area contributed by atoms with Crippen molar-refractivity contribution in [2.75, 3.05) is 0 Å². The Labute approximate surface area is 94.3 Å². The van der Waals surface area contributed by atoms with Crippen LogP contribution in [0.15, 0.2) is 18.2 Å². The number of rotatable bonds is 5. The van der Waals surface area contributed by atoms with E-state index in [1.807, 2.05) is 32.0 Å². The summed E-state index contributed by atoms with van der Waals surface area (Å²) in [5, 5.41) is 11.3. The van der Waals surface area contributed by atoms with Gasteiger partial charge in [0.1, 0.15) is 0 Å². The average Bonchev–Trinajstić information content (AvgIpc) is 2.21. The van der Waals surface area contributed by atoms with E-state index in [9.17, 15) is 9.59 Å². The molecule has 0 heterocycles. The molecule has 0 fully saturated rings. The highest BCUT2D eigenvalue weighted by Crippen LogP contribution is 2.22. The fraction of sp³-hybridized carbons (Fsp3) is 0.333. The van der Waals surface area contributed by atoms with E-state index in [0.29, 0.717) is 6.41 Å². The van der Waals surface area contributed by atoms with Crippen molar-refractivity contribution in [1.29, 1.82) is 0 Å². The van der Waals surface area contributed by atoms with E-state index in [2.05, 4.69) is 5.32 Å². The summed E-state index contributed by atoms with van der Waals surface area (Å²) in [6.45, 7) is 3.88. The van der Waals surface area contributed by atoms with Crippen LogP contribution in [-0.4, -0.2) is 17.5 Å². The van der Waals surface area contributed by atoms with E-state index in [0.717, 1.165) is 16.7 Å². The van der Waals surface area contributed by atoms with Gasteiger partial charge in [-0.3, -0.25) is 9.59 Å². The molecule has 0 bridgehead atoms. The Bertz CT molecular complexity index is 401. The van der Waals surface area contributed by atoms with Crippen LogP contribution in [0.5, 0.6) is 0 Å². The monoisotopic (exact) mass is 221 g/mol. The van der Waals surface area contributed by atoms with Crippen molar-refractivity contribution in [3.8, 4) is 0 Å². The number of aliphatic carboxylic acids is 1. The highest BCUT2D eigenvalue weighted by atomic mass is 16.4. The molecule has 1 rings (SSSR count). The van der Waals surface area contributed by atoms with Crippen molar-refractivity contribution in [3.63, 3.8) is 0 Å². The quantitative estimate of drug-likeness (QED) is 0.741. The van der Waals surface area contributed by atoms with Crippen molar-refractivity contribution < 1.29 is 14.7 Å². The van der Waals surface area contributed by atoms with Gasteiger partial charge in [0.05, 0.1) is 12.5 Å². The van der Waals surface area contributed by atoms with Crippen LogP contribution in [0.2, 0.25) is 0 Å². The molecule has 0 saturated heterocycles. The Morgan fingerprint density at radius 2 is 2.19 bits per heavy atom. The Morgan fingerprint density at radius 1 is 1.50 bits per heavy atom. The maximum atomic E-state index is 10.7. The summed E-state index contributed by atoms with van der Waals surface area (Å²) < 4.78 is 0. The van der Waals surface area contributed by atoms with Crippen molar-refractivity contribution in [1.82, 2.24) is 5.32 Å². The number of hydrogen-bond acceptors (Lipinski definition) is 2. The van der Waals surface area contributed by atoms with Crippen LogP contribution in [0.25, 0.3) is 0 Å². The van der Waals surface area contributed by atoms with Crippen LogP contribution in [0, 0.1) is 13.8 Å². The van der Waals surface area contributed by atoms with Gasteiger partial charge in [-0.25, -0.2) is 0 Å². The summed E-state index contributed by atoms with van der Waals surface area (Å²) in [6, 6.07) is 5.19. The minimum atomic E-state index is -0.930. The summed E-state index contributed by atoms with van der Waals surface area (Å²) in [4.78, 5) is 21.2. The highest BCUT2D eigenvalue weighted by molar-refractivity contribution is 5.69. The van der Waals surface area contributed by atoms with Crippen LogP contribution in [0.1, 0.15) is 29.2 Å². The number of benzene rings is 1. The molecule has 0 radical (unpaired) electrons. The molecule has 1 aromatic carbocycles. The predicted octanol–water partition coefficient (Wildman–Crippen LogP) is 1.57. The maximum Gasteiger partial charge on any atom is 0.305 e. The first-order valence-corrected chi connectivity index (χ1v) is 5.04. The van der Waals surface area contributed by atoms with E-state index in [-0.39, 0.29) is 6.42 Å². The largest absolute Gasteiger partial charge is 0.481 e.